The molecule has 0 aliphatic heterocycles. The molecule has 6 nitrogen and oxygen atoms in total. The van der Waals surface area contributed by atoms with Crippen molar-refractivity contribution in [3.8, 4) is 11.4 Å². The molecule has 3 rings (SSSR count). The first-order chi connectivity index (χ1) is 10.6. The Balaban J connectivity index is 1.71. The molecular weight excluding hydrogens is 300 g/mol. The third-order valence-electron chi connectivity index (χ3n) is 2.96. The first kappa shape index (κ1) is 14.5. The summed E-state index contributed by atoms with van der Waals surface area (Å²) in [6.07, 6.45) is 0. The van der Waals surface area contributed by atoms with Gasteiger partial charge in [-0.1, -0.05) is 46.7 Å². The molecule has 0 spiro atoms. The monoisotopic (exact) mass is 314 g/mol. The largest absolute Gasteiger partial charge is 0.338 e. The van der Waals surface area contributed by atoms with Crippen molar-refractivity contribution >= 4 is 11.8 Å². The van der Waals surface area contributed by atoms with Crippen LogP contribution in [-0.2, 0) is 5.75 Å². The van der Waals surface area contributed by atoms with E-state index in [1.54, 1.807) is 6.92 Å². The number of hydrogen-bond acceptors (Lipinski definition) is 6. The Labute approximate surface area is 131 Å². The zero-order chi connectivity index (χ0) is 15.5. The van der Waals surface area contributed by atoms with Crippen molar-refractivity contribution < 1.29 is 4.52 Å². The fraction of sp³-hybridized carbons (Fsp3) is 0.200. The quantitative estimate of drug-likeness (QED) is 0.589. The second-order valence-corrected chi connectivity index (χ2v) is 5.82. The van der Waals surface area contributed by atoms with Crippen molar-refractivity contribution in [3.63, 3.8) is 0 Å². The molecule has 0 atom stereocenters. The highest BCUT2D eigenvalue weighted by atomic mass is 32.2. The predicted molar refractivity (Wildman–Crippen MR) is 83.6 cm³/mol. The number of benzene rings is 1. The maximum atomic E-state index is 11.4. The fourth-order valence-corrected chi connectivity index (χ4v) is 2.64. The van der Waals surface area contributed by atoms with E-state index in [-0.39, 0.29) is 5.56 Å². The number of aromatic amines is 1. The van der Waals surface area contributed by atoms with Gasteiger partial charge in [-0.2, -0.15) is 4.98 Å². The van der Waals surface area contributed by atoms with Crippen molar-refractivity contribution in [1.29, 1.82) is 0 Å². The number of aryl methyl sites for hydroxylation is 2. The average molecular weight is 314 g/mol. The molecular formula is C15H14N4O2S. The Kier molecular flexibility index (Phi) is 4.06. The highest BCUT2D eigenvalue weighted by molar-refractivity contribution is 7.98. The lowest BCUT2D eigenvalue weighted by Gasteiger charge is -1.98. The second kappa shape index (κ2) is 6.15. The van der Waals surface area contributed by atoms with Gasteiger partial charge in [0.1, 0.15) is 0 Å². The molecule has 0 amide bonds. The van der Waals surface area contributed by atoms with Crippen LogP contribution in [0.4, 0.5) is 0 Å². The van der Waals surface area contributed by atoms with Crippen LogP contribution >= 0.6 is 11.8 Å². The number of rotatable bonds is 4. The van der Waals surface area contributed by atoms with E-state index in [1.165, 1.54) is 23.4 Å². The maximum Gasteiger partial charge on any atom is 0.251 e. The maximum absolute atomic E-state index is 11.4. The normalized spacial score (nSPS) is 10.8. The number of nitrogens with one attached hydrogen (secondary N) is 1. The average Bonchev–Trinajstić information content (AvgIpc) is 2.94. The molecule has 0 saturated heterocycles. The van der Waals surface area contributed by atoms with E-state index in [4.69, 9.17) is 4.52 Å². The second-order valence-electron chi connectivity index (χ2n) is 4.86. The van der Waals surface area contributed by atoms with Gasteiger partial charge in [-0.3, -0.25) is 4.79 Å². The van der Waals surface area contributed by atoms with Crippen LogP contribution in [0.3, 0.4) is 0 Å². The van der Waals surface area contributed by atoms with Crippen LogP contribution in [0.5, 0.6) is 0 Å². The molecule has 112 valence electrons. The van der Waals surface area contributed by atoms with Crippen LogP contribution in [0, 0.1) is 13.8 Å². The molecule has 1 N–H and O–H groups in total. The molecule has 7 heteroatoms. The molecule has 2 heterocycles. The van der Waals surface area contributed by atoms with Gasteiger partial charge >= 0.3 is 0 Å². The zero-order valence-corrected chi connectivity index (χ0v) is 13.0. The minimum absolute atomic E-state index is 0.166. The number of thioether (sulfide) groups is 1. The third kappa shape index (κ3) is 3.43. The minimum Gasteiger partial charge on any atom is -0.338 e. The molecule has 0 saturated carbocycles. The first-order valence-corrected chi connectivity index (χ1v) is 7.69. The number of aromatic nitrogens is 4. The molecule has 22 heavy (non-hydrogen) atoms. The summed E-state index contributed by atoms with van der Waals surface area (Å²) in [6, 6.07) is 9.36. The van der Waals surface area contributed by atoms with Crippen molar-refractivity contribution in [1.82, 2.24) is 20.1 Å². The van der Waals surface area contributed by atoms with Crippen LogP contribution < -0.4 is 5.56 Å². The molecule has 0 unspecified atom stereocenters. The Bertz CT molecular complexity index is 839. The van der Waals surface area contributed by atoms with Crippen LogP contribution in [-0.4, -0.2) is 20.1 Å². The van der Waals surface area contributed by atoms with Gasteiger partial charge in [0.2, 0.25) is 11.7 Å². The summed E-state index contributed by atoms with van der Waals surface area (Å²) >= 11 is 1.35. The van der Waals surface area contributed by atoms with Gasteiger partial charge in [-0.15, -0.1) is 0 Å². The van der Waals surface area contributed by atoms with Gasteiger partial charge < -0.3 is 9.51 Å². The van der Waals surface area contributed by atoms with Gasteiger partial charge in [0, 0.05) is 17.3 Å². The van der Waals surface area contributed by atoms with Gasteiger partial charge in [-0.25, -0.2) is 4.98 Å². The van der Waals surface area contributed by atoms with E-state index in [0.29, 0.717) is 28.3 Å². The van der Waals surface area contributed by atoms with E-state index < -0.39 is 0 Å². The molecule has 0 radical (unpaired) electrons. The molecule has 2 aromatic heterocycles. The fourth-order valence-electron chi connectivity index (χ4n) is 1.88. The summed E-state index contributed by atoms with van der Waals surface area (Å²) in [5, 5.41) is 4.51. The summed E-state index contributed by atoms with van der Waals surface area (Å²) in [7, 11) is 0. The van der Waals surface area contributed by atoms with Crippen LogP contribution in [0.25, 0.3) is 11.4 Å². The topological polar surface area (TPSA) is 84.7 Å². The van der Waals surface area contributed by atoms with E-state index in [9.17, 15) is 4.79 Å². The van der Waals surface area contributed by atoms with E-state index in [0.717, 1.165) is 5.56 Å². The summed E-state index contributed by atoms with van der Waals surface area (Å²) in [5.74, 6) is 1.50. The standard InChI is InChI=1S/C15H14N4O2S/c1-9-3-5-11(6-4-9)14-18-13(21-19-14)8-22-15-16-10(2)7-12(20)17-15/h3-7H,8H2,1-2H3,(H,16,17,20). The lowest BCUT2D eigenvalue weighted by atomic mass is 10.1. The van der Waals surface area contributed by atoms with Crippen LogP contribution in [0.2, 0.25) is 0 Å². The lowest BCUT2D eigenvalue weighted by Crippen LogP contribution is -2.08. The van der Waals surface area contributed by atoms with Crippen molar-refractivity contribution in [2.45, 2.75) is 24.8 Å². The predicted octanol–water partition coefficient (Wildman–Crippen LogP) is 2.73. The highest BCUT2D eigenvalue weighted by Gasteiger charge is 2.09. The summed E-state index contributed by atoms with van der Waals surface area (Å²) in [5.41, 5.74) is 2.60. The van der Waals surface area contributed by atoms with Gasteiger partial charge in [0.15, 0.2) is 5.16 Å². The Morgan fingerprint density at radius 2 is 1.95 bits per heavy atom. The van der Waals surface area contributed by atoms with Gasteiger partial charge in [-0.05, 0) is 13.8 Å². The zero-order valence-electron chi connectivity index (χ0n) is 12.2. The lowest BCUT2D eigenvalue weighted by molar-refractivity contribution is 0.391. The first-order valence-electron chi connectivity index (χ1n) is 6.70. The van der Waals surface area contributed by atoms with Crippen LogP contribution in [0.15, 0.2) is 44.8 Å². The van der Waals surface area contributed by atoms with Gasteiger partial charge in [0.25, 0.3) is 5.56 Å². The van der Waals surface area contributed by atoms with Crippen molar-refractivity contribution in [2.75, 3.05) is 0 Å². The number of H-pyrrole nitrogens is 1. The Morgan fingerprint density at radius 1 is 1.18 bits per heavy atom. The Hall–Kier alpha value is -2.41. The number of hydrogen-bond donors (Lipinski definition) is 1. The minimum atomic E-state index is -0.166. The molecule has 0 bridgehead atoms. The van der Waals surface area contributed by atoms with E-state index >= 15 is 0 Å². The highest BCUT2D eigenvalue weighted by Crippen LogP contribution is 2.21. The molecule has 3 aromatic rings. The molecule has 0 aliphatic rings. The van der Waals surface area contributed by atoms with E-state index in [1.807, 2.05) is 31.2 Å². The SMILES string of the molecule is Cc1ccc(-c2noc(CSc3nc(C)cc(=O)[nH]3)n2)cc1. The summed E-state index contributed by atoms with van der Waals surface area (Å²) in [4.78, 5) is 22.6. The number of nitrogens with zero attached hydrogens (tertiary/aromatic N) is 3. The van der Waals surface area contributed by atoms with E-state index in [2.05, 4.69) is 20.1 Å². The third-order valence-corrected chi connectivity index (χ3v) is 3.82. The van der Waals surface area contributed by atoms with Crippen LogP contribution in [0.1, 0.15) is 17.1 Å². The van der Waals surface area contributed by atoms with Crippen molar-refractivity contribution in [2.24, 2.45) is 0 Å². The molecule has 1 aromatic carbocycles. The smallest absolute Gasteiger partial charge is 0.251 e. The van der Waals surface area contributed by atoms with Crippen molar-refractivity contribution in [3.05, 3.63) is 57.8 Å². The molecule has 0 fully saturated rings. The summed E-state index contributed by atoms with van der Waals surface area (Å²) < 4.78 is 5.23. The Morgan fingerprint density at radius 3 is 2.68 bits per heavy atom. The van der Waals surface area contributed by atoms with Gasteiger partial charge in [0.05, 0.1) is 5.75 Å². The molecule has 0 aliphatic carbocycles. The summed E-state index contributed by atoms with van der Waals surface area (Å²) in [6.45, 7) is 3.80.